The summed E-state index contributed by atoms with van der Waals surface area (Å²) >= 11 is 1.59. The van der Waals surface area contributed by atoms with Gasteiger partial charge in [-0.05, 0) is 35.7 Å². The van der Waals surface area contributed by atoms with E-state index in [0.29, 0.717) is 11.7 Å². The van der Waals surface area contributed by atoms with Crippen LogP contribution in [0.15, 0.2) is 48.5 Å². The molecule has 33 heavy (non-hydrogen) atoms. The largest absolute Gasteiger partial charge is 0.489 e. The third-order valence-electron chi connectivity index (χ3n) is 5.61. The number of nitrogens with two attached hydrogens (primary N) is 1. The lowest BCUT2D eigenvalue weighted by atomic mass is 9.96. The number of rotatable bonds is 8. The van der Waals surface area contributed by atoms with Crippen molar-refractivity contribution in [3.8, 4) is 17.6 Å². The second-order valence-corrected chi connectivity index (χ2v) is 9.22. The number of fused-ring (bicyclic) bond motifs is 1. The third-order valence-corrected chi connectivity index (χ3v) is 6.52. The molecule has 0 spiro atoms. The van der Waals surface area contributed by atoms with E-state index in [2.05, 4.69) is 46.0 Å². The van der Waals surface area contributed by atoms with Crippen molar-refractivity contribution in [2.24, 2.45) is 0 Å². The number of aliphatic carboxylic acids is 1. The van der Waals surface area contributed by atoms with E-state index >= 15 is 0 Å². The monoisotopic (exact) mass is 461 g/mol. The lowest BCUT2D eigenvalue weighted by Gasteiger charge is -2.26. The lowest BCUT2D eigenvalue weighted by Crippen LogP contribution is -2.29. The van der Waals surface area contributed by atoms with E-state index in [1.165, 1.54) is 10.4 Å². The van der Waals surface area contributed by atoms with Gasteiger partial charge in [0.1, 0.15) is 12.4 Å². The Morgan fingerprint density at radius 3 is 2.82 bits per heavy atom. The summed E-state index contributed by atoms with van der Waals surface area (Å²) in [6.07, 6.45) is 0.932. The van der Waals surface area contributed by atoms with Crippen molar-refractivity contribution in [1.82, 2.24) is 9.88 Å². The first-order valence-electron chi connectivity index (χ1n) is 10.9. The molecule has 0 amide bonds. The summed E-state index contributed by atoms with van der Waals surface area (Å²) in [5.74, 6) is 5.36. The maximum Gasteiger partial charge on any atom is 0.304 e. The van der Waals surface area contributed by atoms with Crippen LogP contribution in [0.3, 0.4) is 0 Å². The number of hydrogen-bond donors (Lipinski definition) is 2. The SMILES string of the molecule is CC#C[C@@H](CC(=O)O)c1ccc(OCc2cccc(CN3CCc4nc(N)sc4C3)c2)cc1. The third kappa shape index (κ3) is 6.13. The Bertz CT molecular complexity index is 1180. The van der Waals surface area contributed by atoms with Gasteiger partial charge in [0.25, 0.3) is 0 Å². The molecule has 2 heterocycles. The minimum Gasteiger partial charge on any atom is -0.489 e. The maximum atomic E-state index is 11.1. The minimum atomic E-state index is -0.857. The molecule has 1 aliphatic rings. The number of hydrogen-bond acceptors (Lipinski definition) is 6. The standard InChI is InChI=1S/C26H27N3O3S/c1-2-4-21(14-25(30)31)20-7-9-22(10-8-20)32-17-19-6-3-5-18(13-19)15-29-12-11-23-24(16-29)33-26(27)28-23/h3,5-10,13,21H,11-12,14-17H2,1H3,(H2,27,28)(H,30,31)/t21-/m0/s1. The zero-order valence-electron chi connectivity index (χ0n) is 18.6. The van der Waals surface area contributed by atoms with Gasteiger partial charge >= 0.3 is 5.97 Å². The molecule has 0 saturated carbocycles. The highest BCUT2D eigenvalue weighted by Gasteiger charge is 2.20. The average molecular weight is 462 g/mol. The van der Waals surface area contributed by atoms with Crippen LogP contribution in [-0.4, -0.2) is 27.5 Å². The van der Waals surface area contributed by atoms with Crippen molar-refractivity contribution < 1.29 is 14.6 Å². The molecule has 3 aromatic rings. The predicted molar refractivity (Wildman–Crippen MR) is 130 cm³/mol. The Balaban J connectivity index is 1.34. The molecule has 1 aliphatic heterocycles. The fraction of sp³-hybridized carbons (Fsp3) is 0.308. The Morgan fingerprint density at radius 2 is 2.06 bits per heavy atom. The second kappa shape index (κ2) is 10.5. The van der Waals surface area contributed by atoms with E-state index in [1.54, 1.807) is 18.3 Å². The van der Waals surface area contributed by atoms with Gasteiger partial charge in [-0.25, -0.2) is 4.98 Å². The van der Waals surface area contributed by atoms with Crippen molar-refractivity contribution >= 4 is 22.4 Å². The number of nitrogen functional groups attached to an aromatic ring is 1. The Kier molecular flexibility index (Phi) is 7.28. The summed E-state index contributed by atoms with van der Waals surface area (Å²) in [6.45, 7) is 4.94. The van der Waals surface area contributed by atoms with Crippen LogP contribution in [0.5, 0.6) is 5.75 Å². The molecule has 1 aromatic heterocycles. The normalized spacial score (nSPS) is 14.1. The summed E-state index contributed by atoms with van der Waals surface area (Å²) in [6, 6.07) is 16.0. The smallest absolute Gasteiger partial charge is 0.304 e. The zero-order chi connectivity index (χ0) is 23.2. The summed E-state index contributed by atoms with van der Waals surface area (Å²) in [7, 11) is 0. The van der Waals surface area contributed by atoms with Gasteiger partial charge in [-0.2, -0.15) is 0 Å². The van der Waals surface area contributed by atoms with Crippen molar-refractivity contribution in [3.63, 3.8) is 0 Å². The number of nitrogens with zero attached hydrogens (tertiary/aromatic N) is 2. The highest BCUT2D eigenvalue weighted by Crippen LogP contribution is 2.27. The molecular formula is C26H27N3O3S. The van der Waals surface area contributed by atoms with Crippen LogP contribution < -0.4 is 10.5 Å². The molecule has 2 aromatic carbocycles. The second-order valence-electron chi connectivity index (χ2n) is 8.11. The van der Waals surface area contributed by atoms with E-state index in [0.717, 1.165) is 48.6 Å². The molecule has 6 nitrogen and oxygen atoms in total. The maximum absolute atomic E-state index is 11.1. The molecule has 3 N–H and O–H groups in total. The molecule has 0 saturated heterocycles. The fourth-order valence-electron chi connectivity index (χ4n) is 4.04. The minimum absolute atomic E-state index is 0.0114. The van der Waals surface area contributed by atoms with Crippen LogP contribution in [-0.2, 0) is 30.9 Å². The first-order valence-corrected chi connectivity index (χ1v) is 11.7. The number of carbonyl (C=O) groups is 1. The molecule has 0 radical (unpaired) electrons. The summed E-state index contributed by atoms with van der Waals surface area (Å²) in [5.41, 5.74) is 10.3. The molecular weight excluding hydrogens is 434 g/mol. The average Bonchev–Trinajstić information content (AvgIpc) is 3.17. The van der Waals surface area contributed by atoms with Crippen LogP contribution >= 0.6 is 11.3 Å². The van der Waals surface area contributed by atoms with Crippen LogP contribution in [0.2, 0.25) is 0 Å². The summed E-state index contributed by atoms with van der Waals surface area (Å²) in [4.78, 5) is 19.2. The zero-order valence-corrected chi connectivity index (χ0v) is 19.4. The Hall–Kier alpha value is -3.34. The van der Waals surface area contributed by atoms with Gasteiger partial charge in [0, 0.05) is 30.9 Å². The van der Waals surface area contributed by atoms with Crippen LogP contribution in [0.25, 0.3) is 0 Å². The molecule has 0 aliphatic carbocycles. The quantitative estimate of drug-likeness (QED) is 0.482. The predicted octanol–water partition coefficient (Wildman–Crippen LogP) is 4.44. The summed E-state index contributed by atoms with van der Waals surface area (Å²) in [5, 5.41) is 9.76. The number of thiazole rings is 1. The van der Waals surface area contributed by atoms with Gasteiger partial charge in [0.15, 0.2) is 5.13 Å². The Labute approximate surface area is 198 Å². The number of anilines is 1. The van der Waals surface area contributed by atoms with Crippen LogP contribution in [0.4, 0.5) is 5.13 Å². The molecule has 4 rings (SSSR count). The van der Waals surface area contributed by atoms with Crippen molar-refractivity contribution in [1.29, 1.82) is 0 Å². The topological polar surface area (TPSA) is 88.7 Å². The van der Waals surface area contributed by atoms with Crippen molar-refractivity contribution in [2.75, 3.05) is 12.3 Å². The van der Waals surface area contributed by atoms with Gasteiger partial charge in [-0.3, -0.25) is 9.69 Å². The van der Waals surface area contributed by atoms with E-state index < -0.39 is 5.97 Å². The van der Waals surface area contributed by atoms with E-state index in [1.807, 2.05) is 24.3 Å². The van der Waals surface area contributed by atoms with Gasteiger partial charge in [-0.1, -0.05) is 42.3 Å². The highest BCUT2D eigenvalue weighted by atomic mass is 32.1. The molecule has 0 unspecified atom stereocenters. The highest BCUT2D eigenvalue weighted by molar-refractivity contribution is 7.15. The number of carboxylic acid groups (broad SMARTS) is 1. The van der Waals surface area contributed by atoms with Gasteiger partial charge < -0.3 is 15.6 Å². The Morgan fingerprint density at radius 1 is 1.27 bits per heavy atom. The summed E-state index contributed by atoms with van der Waals surface area (Å²) < 4.78 is 5.98. The fourth-order valence-corrected chi connectivity index (χ4v) is 4.96. The molecule has 0 bridgehead atoms. The number of benzene rings is 2. The molecule has 1 atom stereocenters. The van der Waals surface area contributed by atoms with Crippen LogP contribution in [0.1, 0.15) is 46.5 Å². The van der Waals surface area contributed by atoms with Crippen LogP contribution in [0, 0.1) is 11.8 Å². The first-order chi connectivity index (χ1) is 16.0. The molecule has 7 heteroatoms. The van der Waals surface area contributed by atoms with Gasteiger partial charge in [-0.15, -0.1) is 17.3 Å². The van der Waals surface area contributed by atoms with Crippen molar-refractivity contribution in [2.45, 2.75) is 45.4 Å². The number of ether oxygens (including phenoxy) is 1. The van der Waals surface area contributed by atoms with Crippen molar-refractivity contribution in [3.05, 3.63) is 75.8 Å². The number of aromatic nitrogens is 1. The lowest BCUT2D eigenvalue weighted by molar-refractivity contribution is -0.137. The molecule has 170 valence electrons. The number of carboxylic acids is 1. The van der Waals surface area contributed by atoms with E-state index in [4.69, 9.17) is 15.6 Å². The first kappa shape index (κ1) is 22.8. The van der Waals surface area contributed by atoms with Gasteiger partial charge in [0.2, 0.25) is 0 Å². The van der Waals surface area contributed by atoms with Gasteiger partial charge in [0.05, 0.1) is 18.0 Å². The molecule has 0 fully saturated rings. The van der Waals surface area contributed by atoms with E-state index in [-0.39, 0.29) is 12.3 Å². The van der Waals surface area contributed by atoms with E-state index in [9.17, 15) is 4.79 Å².